The maximum atomic E-state index is 4.69. The first kappa shape index (κ1) is 21.2. The summed E-state index contributed by atoms with van der Waals surface area (Å²) in [5.74, 6) is 2.97. The van der Waals surface area contributed by atoms with Gasteiger partial charge in [-0.1, -0.05) is 32.6 Å². The Hall–Kier alpha value is -0.860. The van der Waals surface area contributed by atoms with Crippen molar-refractivity contribution in [1.29, 1.82) is 0 Å². The summed E-state index contributed by atoms with van der Waals surface area (Å²) in [4.78, 5) is 4.69. The number of fused-ring (bicyclic) bond motifs is 1. The van der Waals surface area contributed by atoms with Crippen molar-refractivity contribution in [2.45, 2.75) is 84.8 Å². The molecular weight excluding hydrogens is 415 g/mol. The second-order valence-corrected chi connectivity index (χ2v) is 6.38. The number of nitrogens with zero attached hydrogens (tertiary/aromatic N) is 4. The van der Waals surface area contributed by atoms with Crippen LogP contribution < -0.4 is 10.6 Å². The fourth-order valence-electron chi connectivity index (χ4n) is 2.98. The molecule has 2 heterocycles. The first-order valence-corrected chi connectivity index (χ1v) is 9.20. The lowest BCUT2D eigenvalue weighted by atomic mass is 10.1. The van der Waals surface area contributed by atoms with Crippen LogP contribution in [0.3, 0.4) is 0 Å². The summed E-state index contributed by atoms with van der Waals surface area (Å²) in [5, 5.41) is 15.3. The lowest BCUT2D eigenvalue weighted by Gasteiger charge is -2.17. The molecule has 2 N–H and O–H groups in total. The molecule has 1 atom stereocenters. The van der Waals surface area contributed by atoms with Gasteiger partial charge in [0.05, 0.1) is 0 Å². The number of guanidine groups is 1. The van der Waals surface area contributed by atoms with Crippen molar-refractivity contribution in [3.8, 4) is 0 Å². The molecule has 1 aliphatic rings. The number of hydrogen-bond donors (Lipinski definition) is 2. The van der Waals surface area contributed by atoms with Gasteiger partial charge in [-0.25, -0.2) is 4.99 Å². The van der Waals surface area contributed by atoms with Gasteiger partial charge in [-0.05, 0) is 26.7 Å². The van der Waals surface area contributed by atoms with Crippen LogP contribution >= 0.6 is 24.0 Å². The Morgan fingerprint density at radius 3 is 2.83 bits per heavy atom. The minimum atomic E-state index is 0. The molecule has 1 aliphatic heterocycles. The minimum absolute atomic E-state index is 0. The van der Waals surface area contributed by atoms with Crippen molar-refractivity contribution < 1.29 is 0 Å². The highest BCUT2D eigenvalue weighted by Gasteiger charge is 2.16. The second kappa shape index (κ2) is 11.7. The van der Waals surface area contributed by atoms with Gasteiger partial charge in [-0.3, -0.25) is 0 Å². The van der Waals surface area contributed by atoms with Gasteiger partial charge in [0.2, 0.25) is 0 Å². The Morgan fingerprint density at radius 1 is 1.25 bits per heavy atom. The molecule has 0 aliphatic carbocycles. The molecule has 2 rings (SSSR count). The molecule has 0 fully saturated rings. The highest BCUT2D eigenvalue weighted by atomic mass is 127. The van der Waals surface area contributed by atoms with E-state index in [1.54, 1.807) is 0 Å². The zero-order valence-electron chi connectivity index (χ0n) is 15.3. The molecule has 1 aromatic rings. The summed E-state index contributed by atoms with van der Waals surface area (Å²) in [7, 11) is 0. The van der Waals surface area contributed by atoms with Crippen LogP contribution in [-0.4, -0.2) is 33.3 Å². The van der Waals surface area contributed by atoms with Crippen molar-refractivity contribution in [2.75, 3.05) is 6.54 Å². The average Bonchev–Trinajstić information content (AvgIpc) is 3.13. The maximum absolute atomic E-state index is 4.69. The molecule has 1 aromatic heterocycles. The largest absolute Gasteiger partial charge is 0.357 e. The summed E-state index contributed by atoms with van der Waals surface area (Å²) in [6, 6.07) is 0.439. The molecule has 0 spiro atoms. The molecule has 24 heavy (non-hydrogen) atoms. The fraction of sp³-hybridized carbons (Fsp3) is 0.824. The van der Waals surface area contributed by atoms with E-state index >= 15 is 0 Å². The molecule has 7 heteroatoms. The van der Waals surface area contributed by atoms with Crippen LogP contribution in [0.1, 0.15) is 70.9 Å². The third kappa shape index (κ3) is 6.57. The molecule has 0 radical (unpaired) electrons. The van der Waals surface area contributed by atoms with Crippen molar-refractivity contribution >= 4 is 29.9 Å². The van der Waals surface area contributed by atoms with Gasteiger partial charge in [0.1, 0.15) is 12.4 Å². The molecule has 1 unspecified atom stereocenters. The first-order chi connectivity index (χ1) is 11.2. The molecule has 0 saturated carbocycles. The quantitative estimate of drug-likeness (QED) is 0.264. The van der Waals surface area contributed by atoms with E-state index in [0.717, 1.165) is 37.1 Å². The summed E-state index contributed by atoms with van der Waals surface area (Å²) < 4.78 is 2.21. The molecule has 138 valence electrons. The minimum Gasteiger partial charge on any atom is -0.357 e. The third-order valence-corrected chi connectivity index (χ3v) is 4.28. The van der Waals surface area contributed by atoms with Crippen LogP contribution in [0.2, 0.25) is 0 Å². The summed E-state index contributed by atoms with van der Waals surface area (Å²) in [5.41, 5.74) is 0. The molecule has 0 aromatic carbocycles. The Kier molecular flexibility index (Phi) is 10.3. The lowest BCUT2D eigenvalue weighted by Crippen LogP contribution is -2.42. The van der Waals surface area contributed by atoms with E-state index in [1.807, 2.05) is 0 Å². The Bertz CT molecular complexity index is 499. The van der Waals surface area contributed by atoms with Gasteiger partial charge in [0, 0.05) is 25.6 Å². The number of rotatable bonds is 9. The normalized spacial score (nSPS) is 14.9. The number of aromatic nitrogens is 3. The number of nitrogens with one attached hydrogen (secondary N) is 2. The predicted octanol–water partition coefficient (Wildman–Crippen LogP) is 3.26. The van der Waals surface area contributed by atoms with Crippen LogP contribution in [0, 0.1) is 0 Å². The Labute approximate surface area is 163 Å². The SMILES string of the molecule is CCCCCCC(C)NC(=NCc1nnc2n1CCC2)NCC.I. The third-order valence-electron chi connectivity index (χ3n) is 4.28. The van der Waals surface area contributed by atoms with Crippen LogP contribution in [0.5, 0.6) is 0 Å². The van der Waals surface area contributed by atoms with Crippen molar-refractivity contribution in [2.24, 2.45) is 4.99 Å². The van der Waals surface area contributed by atoms with Gasteiger partial charge in [-0.2, -0.15) is 0 Å². The highest BCUT2D eigenvalue weighted by molar-refractivity contribution is 14.0. The fourth-order valence-corrected chi connectivity index (χ4v) is 2.98. The summed E-state index contributed by atoms with van der Waals surface area (Å²) in [6.07, 6.45) is 8.62. The van der Waals surface area contributed by atoms with E-state index < -0.39 is 0 Å². The van der Waals surface area contributed by atoms with Crippen molar-refractivity contribution in [3.05, 3.63) is 11.6 Å². The predicted molar refractivity (Wildman–Crippen MR) is 110 cm³/mol. The topological polar surface area (TPSA) is 67.1 Å². The standard InChI is InChI=1S/C17H32N6.HI/c1-4-6-7-8-10-14(3)20-17(18-5-2)19-13-16-22-21-15-11-9-12-23(15)16;/h14H,4-13H2,1-3H3,(H2,18,19,20);1H. The van der Waals surface area contributed by atoms with Gasteiger partial charge in [0.15, 0.2) is 11.8 Å². The molecule has 0 amide bonds. The number of aryl methyl sites for hydroxylation is 1. The van der Waals surface area contributed by atoms with Gasteiger partial charge in [-0.15, -0.1) is 34.2 Å². The Morgan fingerprint density at radius 2 is 2.08 bits per heavy atom. The van der Waals surface area contributed by atoms with Crippen LogP contribution in [0.25, 0.3) is 0 Å². The van der Waals surface area contributed by atoms with E-state index in [2.05, 4.69) is 51.2 Å². The zero-order chi connectivity index (χ0) is 16.5. The van der Waals surface area contributed by atoms with Gasteiger partial charge in [0.25, 0.3) is 0 Å². The lowest BCUT2D eigenvalue weighted by molar-refractivity contribution is 0.536. The second-order valence-electron chi connectivity index (χ2n) is 6.38. The Balaban J connectivity index is 0.00000288. The summed E-state index contributed by atoms with van der Waals surface area (Å²) in [6.45, 7) is 9.06. The van der Waals surface area contributed by atoms with Gasteiger partial charge >= 0.3 is 0 Å². The summed E-state index contributed by atoms with van der Waals surface area (Å²) >= 11 is 0. The van der Waals surface area contributed by atoms with Crippen LogP contribution in [0.15, 0.2) is 4.99 Å². The van der Waals surface area contributed by atoms with Crippen molar-refractivity contribution in [1.82, 2.24) is 25.4 Å². The monoisotopic (exact) mass is 448 g/mol. The molecule has 0 bridgehead atoms. The van der Waals surface area contributed by atoms with E-state index in [0.29, 0.717) is 12.6 Å². The van der Waals surface area contributed by atoms with Gasteiger partial charge < -0.3 is 15.2 Å². The van der Waals surface area contributed by atoms with Crippen LogP contribution in [0.4, 0.5) is 0 Å². The molecular formula is C17H33IN6. The number of halogens is 1. The zero-order valence-corrected chi connectivity index (χ0v) is 17.7. The van der Waals surface area contributed by atoms with E-state index in [1.165, 1.54) is 38.5 Å². The number of unbranched alkanes of at least 4 members (excludes halogenated alkanes) is 3. The van der Waals surface area contributed by atoms with E-state index in [9.17, 15) is 0 Å². The molecule has 0 saturated heterocycles. The van der Waals surface area contributed by atoms with Crippen molar-refractivity contribution in [3.63, 3.8) is 0 Å². The first-order valence-electron chi connectivity index (χ1n) is 9.20. The van der Waals surface area contributed by atoms with Crippen LogP contribution in [-0.2, 0) is 19.5 Å². The highest BCUT2D eigenvalue weighted by Crippen LogP contribution is 2.14. The molecule has 6 nitrogen and oxygen atoms in total. The number of hydrogen-bond acceptors (Lipinski definition) is 3. The smallest absolute Gasteiger partial charge is 0.191 e. The number of aliphatic imine (C=N–C) groups is 1. The van der Waals surface area contributed by atoms with E-state index in [4.69, 9.17) is 0 Å². The maximum Gasteiger partial charge on any atom is 0.191 e. The average molecular weight is 448 g/mol. The van der Waals surface area contributed by atoms with E-state index in [-0.39, 0.29) is 24.0 Å².